The number of hydrogen-bond acceptors (Lipinski definition) is 5. The van der Waals surface area contributed by atoms with Gasteiger partial charge < -0.3 is 10.3 Å². The molecule has 3 heterocycles. The largest absolute Gasteiger partial charge is 0.397 e. The van der Waals surface area contributed by atoms with Crippen molar-refractivity contribution >= 4 is 50.9 Å². The average Bonchev–Trinajstić information content (AvgIpc) is 3.24. The van der Waals surface area contributed by atoms with E-state index in [1.54, 1.807) is 47.9 Å². The van der Waals surface area contributed by atoms with Crippen LogP contribution in [-0.2, 0) is 6.54 Å². The quantitative estimate of drug-likeness (QED) is 0.377. The summed E-state index contributed by atoms with van der Waals surface area (Å²) in [7, 11) is 0. The molecule has 3 N–H and O–H groups in total. The smallest absolute Gasteiger partial charge is 0.262 e. The molecule has 1 aliphatic rings. The van der Waals surface area contributed by atoms with E-state index in [1.807, 2.05) is 0 Å². The third-order valence-electron chi connectivity index (χ3n) is 5.68. The van der Waals surface area contributed by atoms with Crippen LogP contribution in [-0.4, -0.2) is 38.0 Å². The number of imide groups is 1. The zero-order valence-electron chi connectivity index (χ0n) is 16.6. The lowest BCUT2D eigenvalue weighted by Crippen LogP contribution is -2.32. The Morgan fingerprint density at radius 3 is 2.42 bits per heavy atom. The molecule has 0 radical (unpaired) electrons. The second-order valence-electron chi connectivity index (χ2n) is 7.58. The van der Waals surface area contributed by atoms with Gasteiger partial charge in [0.2, 0.25) is 0 Å². The van der Waals surface area contributed by atoms with Crippen LogP contribution in [0.25, 0.3) is 21.8 Å². The van der Waals surface area contributed by atoms with Gasteiger partial charge in [-0.1, -0.05) is 23.7 Å². The first kappa shape index (κ1) is 19.3. The number of carbonyl (C=O) groups is 2. The molecule has 0 fully saturated rings. The maximum absolute atomic E-state index is 13.3. The van der Waals surface area contributed by atoms with E-state index in [9.17, 15) is 14.4 Å². The molecule has 9 heteroatoms. The predicted octanol–water partition coefficient (Wildman–Crippen LogP) is 3.11. The van der Waals surface area contributed by atoms with Gasteiger partial charge in [0.1, 0.15) is 5.52 Å². The molecule has 0 atom stereocenters. The highest BCUT2D eigenvalue weighted by Crippen LogP contribution is 2.30. The van der Waals surface area contributed by atoms with Crippen molar-refractivity contribution < 1.29 is 9.59 Å². The van der Waals surface area contributed by atoms with Crippen LogP contribution in [0.15, 0.2) is 41.2 Å². The molecule has 156 valence electrons. The van der Waals surface area contributed by atoms with Crippen LogP contribution in [0.5, 0.6) is 0 Å². The molecular weight excluding hydrogens is 418 g/mol. The van der Waals surface area contributed by atoms with Crippen molar-refractivity contribution in [1.29, 1.82) is 0 Å². The SMILES string of the molecule is Cc1[nH]nc2c1c(=O)n(CCCN1C(=O)c3ccccc3C1=O)c1c(N)cc(Cl)cc21. The number of carbonyl (C=O) groups excluding carboxylic acids is 2. The number of halogens is 1. The molecular formula is C22H18ClN5O3. The van der Waals surface area contributed by atoms with E-state index in [0.29, 0.717) is 55.8 Å². The van der Waals surface area contributed by atoms with Crippen molar-refractivity contribution in [1.82, 2.24) is 19.7 Å². The van der Waals surface area contributed by atoms with E-state index in [0.717, 1.165) is 0 Å². The summed E-state index contributed by atoms with van der Waals surface area (Å²) < 4.78 is 1.57. The third-order valence-corrected chi connectivity index (χ3v) is 5.90. The monoisotopic (exact) mass is 435 g/mol. The normalized spacial score (nSPS) is 13.5. The Bertz CT molecular complexity index is 1430. The first-order valence-corrected chi connectivity index (χ1v) is 10.2. The highest BCUT2D eigenvalue weighted by Gasteiger charge is 2.34. The Morgan fingerprint density at radius 1 is 1.06 bits per heavy atom. The van der Waals surface area contributed by atoms with Gasteiger partial charge >= 0.3 is 0 Å². The number of anilines is 1. The number of H-pyrrole nitrogens is 1. The number of aryl methyl sites for hydroxylation is 2. The van der Waals surface area contributed by atoms with Crippen LogP contribution in [0.3, 0.4) is 0 Å². The summed E-state index contributed by atoms with van der Waals surface area (Å²) in [5, 5.41) is 8.71. The number of pyridine rings is 1. The van der Waals surface area contributed by atoms with Crippen molar-refractivity contribution in [2.45, 2.75) is 19.9 Å². The molecule has 4 aromatic rings. The fourth-order valence-electron chi connectivity index (χ4n) is 4.27. The van der Waals surface area contributed by atoms with Crippen molar-refractivity contribution in [2.24, 2.45) is 0 Å². The Hall–Kier alpha value is -3.65. The van der Waals surface area contributed by atoms with Gasteiger partial charge in [0.05, 0.1) is 27.7 Å². The third kappa shape index (κ3) is 2.83. The zero-order valence-corrected chi connectivity index (χ0v) is 17.4. The average molecular weight is 436 g/mol. The lowest BCUT2D eigenvalue weighted by Gasteiger charge is -2.16. The summed E-state index contributed by atoms with van der Waals surface area (Å²) in [4.78, 5) is 39.7. The highest BCUT2D eigenvalue weighted by molar-refractivity contribution is 6.32. The van der Waals surface area contributed by atoms with Crippen LogP contribution < -0.4 is 11.3 Å². The van der Waals surface area contributed by atoms with Gasteiger partial charge in [-0.15, -0.1) is 0 Å². The van der Waals surface area contributed by atoms with Crippen molar-refractivity contribution in [3.63, 3.8) is 0 Å². The van der Waals surface area contributed by atoms with Gasteiger partial charge in [-0.05, 0) is 37.6 Å². The van der Waals surface area contributed by atoms with Gasteiger partial charge in [-0.25, -0.2) is 0 Å². The number of hydrogen-bond donors (Lipinski definition) is 2. The van der Waals surface area contributed by atoms with E-state index in [1.165, 1.54) is 4.90 Å². The van der Waals surface area contributed by atoms with Crippen molar-refractivity contribution in [2.75, 3.05) is 12.3 Å². The van der Waals surface area contributed by atoms with E-state index >= 15 is 0 Å². The fourth-order valence-corrected chi connectivity index (χ4v) is 4.49. The first-order chi connectivity index (χ1) is 14.9. The molecule has 1 aliphatic heterocycles. The number of nitrogens with two attached hydrogens (primary N) is 1. The summed E-state index contributed by atoms with van der Waals surface area (Å²) in [6.45, 7) is 2.24. The molecule has 0 spiro atoms. The Labute approximate surface area is 181 Å². The highest BCUT2D eigenvalue weighted by atomic mass is 35.5. The Kier molecular flexibility index (Phi) is 4.33. The van der Waals surface area contributed by atoms with Crippen LogP contribution in [0.1, 0.15) is 32.8 Å². The molecule has 0 unspecified atom stereocenters. The fraction of sp³-hybridized carbons (Fsp3) is 0.182. The lowest BCUT2D eigenvalue weighted by molar-refractivity contribution is 0.0651. The van der Waals surface area contributed by atoms with E-state index in [4.69, 9.17) is 17.3 Å². The molecule has 0 aliphatic carbocycles. The van der Waals surface area contributed by atoms with Crippen LogP contribution >= 0.6 is 11.6 Å². The molecule has 2 aromatic carbocycles. The Morgan fingerprint density at radius 2 is 1.74 bits per heavy atom. The molecule has 2 amide bonds. The summed E-state index contributed by atoms with van der Waals surface area (Å²) in [5.74, 6) is -0.629. The van der Waals surface area contributed by atoms with Crippen molar-refractivity contribution in [3.8, 4) is 0 Å². The molecule has 0 saturated heterocycles. The molecule has 0 saturated carbocycles. The summed E-state index contributed by atoms with van der Waals surface area (Å²) >= 11 is 6.20. The minimum atomic E-state index is -0.315. The van der Waals surface area contributed by atoms with Gasteiger partial charge in [-0.3, -0.25) is 24.4 Å². The molecule has 5 rings (SSSR count). The number of benzene rings is 2. The van der Waals surface area contributed by atoms with Crippen LogP contribution in [0, 0.1) is 6.92 Å². The van der Waals surface area contributed by atoms with Gasteiger partial charge in [0.15, 0.2) is 0 Å². The summed E-state index contributed by atoms with van der Waals surface area (Å²) in [5.41, 5.74) is 8.87. The summed E-state index contributed by atoms with van der Waals surface area (Å²) in [6.07, 6.45) is 0.394. The van der Waals surface area contributed by atoms with E-state index in [2.05, 4.69) is 10.2 Å². The number of aromatic nitrogens is 3. The standard InChI is InChI=1S/C22H18ClN5O3/c1-11-17-18(26-25-11)15-9-12(23)10-16(24)19(15)27(22(17)31)7-4-8-28-20(29)13-5-2-3-6-14(13)21(28)30/h2-3,5-6,9-10H,4,7-8,24H2,1H3,(H,25,26). The lowest BCUT2D eigenvalue weighted by atomic mass is 10.1. The zero-order chi connectivity index (χ0) is 21.9. The number of rotatable bonds is 4. The molecule has 31 heavy (non-hydrogen) atoms. The van der Waals surface area contributed by atoms with Crippen LogP contribution in [0.2, 0.25) is 5.02 Å². The minimum absolute atomic E-state index is 0.191. The Balaban J connectivity index is 1.52. The second kappa shape index (κ2) is 6.95. The second-order valence-corrected chi connectivity index (χ2v) is 8.02. The number of fused-ring (bicyclic) bond motifs is 4. The van der Waals surface area contributed by atoms with Crippen LogP contribution in [0.4, 0.5) is 5.69 Å². The van der Waals surface area contributed by atoms with Gasteiger partial charge in [-0.2, -0.15) is 5.10 Å². The summed E-state index contributed by atoms with van der Waals surface area (Å²) in [6, 6.07) is 10.1. The number of nitrogens with one attached hydrogen (secondary N) is 1. The predicted molar refractivity (Wildman–Crippen MR) is 118 cm³/mol. The minimum Gasteiger partial charge on any atom is -0.397 e. The molecule has 2 aromatic heterocycles. The topological polar surface area (TPSA) is 114 Å². The molecule has 0 bridgehead atoms. The van der Waals surface area contributed by atoms with E-state index < -0.39 is 0 Å². The maximum atomic E-state index is 13.3. The number of nitrogens with zero attached hydrogens (tertiary/aromatic N) is 3. The number of nitrogen functional groups attached to an aromatic ring is 1. The number of aromatic amines is 1. The van der Waals surface area contributed by atoms with Gasteiger partial charge in [0, 0.05) is 29.2 Å². The molecule has 8 nitrogen and oxygen atoms in total. The maximum Gasteiger partial charge on any atom is 0.262 e. The van der Waals surface area contributed by atoms with E-state index in [-0.39, 0.29) is 30.5 Å². The van der Waals surface area contributed by atoms with Gasteiger partial charge in [0.25, 0.3) is 17.4 Å². The number of amides is 2. The van der Waals surface area contributed by atoms with Crippen molar-refractivity contribution in [3.05, 3.63) is 68.6 Å². The first-order valence-electron chi connectivity index (χ1n) is 9.80.